The number of Topliss-reactive ketones (excluding diaryl/α,β-unsaturated/α-hetero) is 1. The Balaban J connectivity index is 1.78. The molecule has 9 heteroatoms. The van der Waals surface area contributed by atoms with Gasteiger partial charge in [0.25, 0.3) is 0 Å². The second-order valence-corrected chi connectivity index (χ2v) is 7.40. The van der Waals surface area contributed by atoms with E-state index in [0.29, 0.717) is 29.2 Å². The summed E-state index contributed by atoms with van der Waals surface area (Å²) in [5.74, 6) is 0.0603. The first kappa shape index (κ1) is 21.3. The number of hydrogen-bond donors (Lipinski definition) is 0. The third-order valence-electron chi connectivity index (χ3n) is 4.14. The number of nitrogens with zero attached hydrogens (tertiary/aromatic N) is 3. The smallest absolute Gasteiger partial charge is 0.192 e. The van der Waals surface area contributed by atoms with Gasteiger partial charge in [-0.1, -0.05) is 23.4 Å². The number of thioether (sulfide) groups is 1. The summed E-state index contributed by atoms with van der Waals surface area (Å²) in [7, 11) is 2.99. The van der Waals surface area contributed by atoms with E-state index in [0.717, 1.165) is 5.56 Å². The maximum Gasteiger partial charge on any atom is 0.192 e. The minimum Gasteiger partial charge on any atom is -0.494 e. The SMILES string of the molecule is COCCn1c(SCC(=O)c2ccc(OC)c(F)c2)nnc1-c1ccc(Cl)cc1. The van der Waals surface area contributed by atoms with Crippen LogP contribution in [-0.2, 0) is 11.3 Å². The van der Waals surface area contributed by atoms with Crippen molar-refractivity contribution in [1.29, 1.82) is 0 Å². The Hall–Kier alpha value is -2.42. The van der Waals surface area contributed by atoms with Crippen LogP contribution in [0.2, 0.25) is 5.02 Å². The average Bonchev–Trinajstić information content (AvgIpc) is 3.13. The first-order chi connectivity index (χ1) is 14.0. The van der Waals surface area contributed by atoms with Gasteiger partial charge in [0.05, 0.1) is 26.0 Å². The molecule has 6 nitrogen and oxygen atoms in total. The molecule has 0 saturated carbocycles. The Morgan fingerprint density at radius 1 is 1.17 bits per heavy atom. The van der Waals surface area contributed by atoms with Crippen LogP contribution < -0.4 is 4.74 Å². The summed E-state index contributed by atoms with van der Waals surface area (Å²) in [5, 5.41) is 9.69. The molecule has 0 fully saturated rings. The van der Waals surface area contributed by atoms with Gasteiger partial charge in [-0.05, 0) is 42.5 Å². The predicted octanol–water partition coefficient (Wildman–Crippen LogP) is 4.37. The standard InChI is InChI=1S/C20H19ClFN3O3S/c1-27-10-9-25-19(13-3-6-15(21)7-4-13)23-24-20(25)29-12-17(26)14-5-8-18(28-2)16(22)11-14/h3-8,11H,9-10,12H2,1-2H3. The van der Waals surface area contributed by atoms with Crippen LogP contribution in [-0.4, -0.2) is 47.1 Å². The number of benzene rings is 2. The minimum absolute atomic E-state index is 0.0947. The average molecular weight is 436 g/mol. The fraction of sp³-hybridized carbons (Fsp3) is 0.250. The summed E-state index contributed by atoms with van der Waals surface area (Å²) in [4.78, 5) is 12.5. The number of ketones is 1. The van der Waals surface area contributed by atoms with E-state index in [2.05, 4.69) is 10.2 Å². The Kier molecular flexibility index (Phi) is 7.24. The monoisotopic (exact) mass is 435 g/mol. The number of ether oxygens (including phenoxy) is 2. The van der Waals surface area contributed by atoms with Crippen molar-refractivity contribution in [2.24, 2.45) is 0 Å². The van der Waals surface area contributed by atoms with E-state index in [1.165, 1.54) is 31.0 Å². The molecule has 29 heavy (non-hydrogen) atoms. The molecule has 0 saturated heterocycles. The fourth-order valence-corrected chi connectivity index (χ4v) is 3.63. The highest BCUT2D eigenvalue weighted by atomic mass is 35.5. The maximum atomic E-state index is 13.9. The highest BCUT2D eigenvalue weighted by Gasteiger charge is 2.17. The van der Waals surface area contributed by atoms with E-state index in [9.17, 15) is 9.18 Å². The Labute approximate surface area is 177 Å². The quantitative estimate of drug-likeness (QED) is 0.367. The van der Waals surface area contributed by atoms with Gasteiger partial charge in [-0.15, -0.1) is 10.2 Å². The molecular formula is C20H19ClFN3O3S. The van der Waals surface area contributed by atoms with Crippen molar-refractivity contribution >= 4 is 29.1 Å². The van der Waals surface area contributed by atoms with Crippen LogP contribution in [0.1, 0.15) is 10.4 Å². The van der Waals surface area contributed by atoms with Gasteiger partial charge >= 0.3 is 0 Å². The van der Waals surface area contributed by atoms with Crippen molar-refractivity contribution in [3.05, 3.63) is 58.9 Å². The first-order valence-electron chi connectivity index (χ1n) is 8.71. The molecule has 3 aromatic rings. The lowest BCUT2D eigenvalue weighted by Gasteiger charge is -2.10. The maximum absolute atomic E-state index is 13.9. The van der Waals surface area contributed by atoms with Gasteiger partial charge < -0.3 is 9.47 Å². The zero-order chi connectivity index (χ0) is 20.8. The lowest BCUT2D eigenvalue weighted by atomic mass is 10.1. The molecular weight excluding hydrogens is 417 g/mol. The van der Waals surface area contributed by atoms with Crippen molar-refractivity contribution in [3.63, 3.8) is 0 Å². The largest absolute Gasteiger partial charge is 0.494 e. The van der Waals surface area contributed by atoms with Crippen molar-refractivity contribution < 1.29 is 18.7 Å². The number of rotatable bonds is 9. The molecule has 0 bridgehead atoms. The highest BCUT2D eigenvalue weighted by molar-refractivity contribution is 7.99. The molecule has 0 radical (unpaired) electrons. The van der Waals surface area contributed by atoms with Crippen molar-refractivity contribution in [2.45, 2.75) is 11.7 Å². The molecule has 0 amide bonds. The minimum atomic E-state index is -0.573. The van der Waals surface area contributed by atoms with Gasteiger partial charge in [0.2, 0.25) is 0 Å². The summed E-state index contributed by atoms with van der Waals surface area (Å²) in [6.07, 6.45) is 0. The van der Waals surface area contributed by atoms with Crippen molar-refractivity contribution in [1.82, 2.24) is 14.8 Å². The van der Waals surface area contributed by atoms with Gasteiger partial charge in [0, 0.05) is 23.3 Å². The molecule has 1 heterocycles. The third kappa shape index (κ3) is 5.14. The molecule has 0 atom stereocenters. The molecule has 2 aromatic carbocycles. The van der Waals surface area contributed by atoms with Crippen LogP contribution in [0.4, 0.5) is 4.39 Å². The molecule has 0 N–H and O–H groups in total. The van der Waals surface area contributed by atoms with Crippen molar-refractivity contribution in [3.8, 4) is 17.1 Å². The van der Waals surface area contributed by atoms with Gasteiger partial charge in [0.15, 0.2) is 28.3 Å². The number of carbonyl (C=O) groups excluding carboxylic acids is 1. The molecule has 0 aliphatic heterocycles. The Morgan fingerprint density at radius 2 is 1.93 bits per heavy atom. The molecule has 3 rings (SSSR count). The van der Waals surface area contributed by atoms with E-state index >= 15 is 0 Å². The number of halogens is 2. The number of aromatic nitrogens is 3. The molecule has 0 aliphatic rings. The summed E-state index contributed by atoms with van der Waals surface area (Å²) in [6, 6.07) is 11.4. The molecule has 152 valence electrons. The zero-order valence-electron chi connectivity index (χ0n) is 15.9. The normalized spacial score (nSPS) is 10.9. The molecule has 0 aliphatic carbocycles. The molecule has 1 aromatic heterocycles. The second-order valence-electron chi connectivity index (χ2n) is 6.02. The van der Waals surface area contributed by atoms with E-state index in [4.69, 9.17) is 21.1 Å². The van der Waals surface area contributed by atoms with Crippen LogP contribution in [0.25, 0.3) is 11.4 Å². The fourth-order valence-electron chi connectivity index (χ4n) is 2.65. The predicted molar refractivity (Wildman–Crippen MR) is 110 cm³/mol. The lowest BCUT2D eigenvalue weighted by molar-refractivity contribution is 0.102. The number of methoxy groups -OCH3 is 2. The van der Waals surface area contributed by atoms with Gasteiger partial charge in [-0.2, -0.15) is 0 Å². The second kappa shape index (κ2) is 9.87. The van der Waals surface area contributed by atoms with Gasteiger partial charge in [-0.25, -0.2) is 4.39 Å². The van der Waals surface area contributed by atoms with E-state index in [1.54, 1.807) is 25.3 Å². The summed E-state index contributed by atoms with van der Waals surface area (Å²) in [5.41, 5.74) is 1.13. The van der Waals surface area contributed by atoms with Crippen LogP contribution in [0.5, 0.6) is 5.75 Å². The summed E-state index contributed by atoms with van der Waals surface area (Å²) in [6.45, 7) is 0.985. The number of carbonyl (C=O) groups is 1. The van der Waals surface area contributed by atoms with Crippen LogP contribution in [0, 0.1) is 5.82 Å². The number of hydrogen-bond acceptors (Lipinski definition) is 6. The third-order valence-corrected chi connectivity index (χ3v) is 5.36. The lowest BCUT2D eigenvalue weighted by Crippen LogP contribution is -2.09. The molecule has 0 unspecified atom stereocenters. The summed E-state index contributed by atoms with van der Waals surface area (Å²) >= 11 is 7.20. The van der Waals surface area contributed by atoms with Gasteiger partial charge in [0.1, 0.15) is 0 Å². The van der Waals surface area contributed by atoms with E-state index in [1.807, 2.05) is 16.7 Å². The van der Waals surface area contributed by atoms with Gasteiger partial charge in [-0.3, -0.25) is 9.36 Å². The first-order valence-corrected chi connectivity index (χ1v) is 10.1. The van der Waals surface area contributed by atoms with Crippen LogP contribution in [0.3, 0.4) is 0 Å². The van der Waals surface area contributed by atoms with E-state index < -0.39 is 5.82 Å². The van der Waals surface area contributed by atoms with Crippen molar-refractivity contribution in [2.75, 3.05) is 26.6 Å². The van der Waals surface area contributed by atoms with Crippen LogP contribution in [0.15, 0.2) is 47.6 Å². The topological polar surface area (TPSA) is 66.2 Å². The zero-order valence-corrected chi connectivity index (χ0v) is 17.5. The Morgan fingerprint density at radius 3 is 2.59 bits per heavy atom. The van der Waals surface area contributed by atoms with Crippen LogP contribution >= 0.6 is 23.4 Å². The Bertz CT molecular complexity index is 995. The molecule has 0 spiro atoms. The van der Waals surface area contributed by atoms with E-state index in [-0.39, 0.29) is 22.8 Å². The summed E-state index contributed by atoms with van der Waals surface area (Å²) < 4.78 is 25.8. The highest BCUT2D eigenvalue weighted by Crippen LogP contribution is 2.26.